The Morgan fingerprint density at radius 1 is 1.37 bits per heavy atom. The van der Waals surface area contributed by atoms with E-state index in [1.165, 1.54) is 11.1 Å². The van der Waals surface area contributed by atoms with Crippen molar-refractivity contribution in [2.24, 2.45) is 5.73 Å². The predicted octanol–water partition coefficient (Wildman–Crippen LogP) is 1.06. The molecule has 1 aromatic carbocycles. The summed E-state index contributed by atoms with van der Waals surface area (Å²) in [5, 5.41) is 6.34. The molecule has 0 unspecified atom stereocenters. The lowest BCUT2D eigenvalue weighted by Crippen LogP contribution is -2.21. The van der Waals surface area contributed by atoms with Crippen LogP contribution in [0, 0.1) is 6.92 Å². The maximum Gasteiger partial charge on any atom is 0.269 e. The summed E-state index contributed by atoms with van der Waals surface area (Å²) in [7, 11) is 0. The molecule has 2 heterocycles. The fourth-order valence-electron chi connectivity index (χ4n) is 2.51. The van der Waals surface area contributed by atoms with Crippen LogP contribution in [-0.4, -0.2) is 10.2 Å². The number of fused-ring (bicyclic) bond motifs is 1. The van der Waals surface area contributed by atoms with E-state index in [9.17, 15) is 4.79 Å². The summed E-state index contributed by atoms with van der Waals surface area (Å²) in [6.07, 6.45) is 1.71. The molecule has 19 heavy (non-hydrogen) atoms. The molecular weight excluding hydrogens is 240 g/mol. The van der Waals surface area contributed by atoms with Crippen molar-refractivity contribution in [2.45, 2.75) is 26.6 Å². The van der Waals surface area contributed by atoms with Gasteiger partial charge < -0.3 is 10.6 Å². The monoisotopic (exact) mass is 256 g/mol. The number of anilines is 1. The molecule has 3 rings (SSSR count). The number of benzene rings is 1. The maximum atomic E-state index is 11.6. The summed E-state index contributed by atoms with van der Waals surface area (Å²) in [5.74, 6) is 0. The summed E-state index contributed by atoms with van der Waals surface area (Å²) in [6, 6.07) is 6.32. The van der Waals surface area contributed by atoms with Crippen LogP contribution in [0.25, 0.3) is 0 Å². The van der Waals surface area contributed by atoms with Crippen LogP contribution in [0.5, 0.6) is 0 Å². The number of aromatic nitrogens is 2. The Bertz CT molecular complexity index is 677. The van der Waals surface area contributed by atoms with Crippen LogP contribution in [0.4, 0.5) is 5.69 Å². The lowest BCUT2D eigenvalue weighted by Gasteiger charge is -2.18. The average molecular weight is 256 g/mol. The van der Waals surface area contributed by atoms with Crippen molar-refractivity contribution in [3.05, 3.63) is 57.0 Å². The second kappa shape index (κ2) is 4.51. The Labute approximate surface area is 111 Å². The van der Waals surface area contributed by atoms with E-state index in [1.807, 2.05) is 6.92 Å². The first-order valence-electron chi connectivity index (χ1n) is 6.29. The standard InChI is InChI=1S/C14H16N4O/c1-9-13(6-16-17-14(9)19)18-7-11-3-2-10(5-15)4-12(11)8-18/h2-4,6H,5,7-8,15H2,1H3,(H,17,19). The van der Waals surface area contributed by atoms with E-state index >= 15 is 0 Å². The van der Waals surface area contributed by atoms with Crippen LogP contribution < -0.4 is 16.2 Å². The second-order valence-corrected chi connectivity index (χ2v) is 4.87. The summed E-state index contributed by atoms with van der Waals surface area (Å²) in [4.78, 5) is 13.8. The Hall–Kier alpha value is -2.14. The minimum Gasteiger partial charge on any atom is -0.361 e. The molecule has 1 aliphatic heterocycles. The van der Waals surface area contributed by atoms with Crippen LogP contribution in [-0.2, 0) is 19.6 Å². The molecule has 0 atom stereocenters. The molecule has 2 aromatic rings. The first-order chi connectivity index (χ1) is 9.19. The number of rotatable bonds is 2. The Balaban J connectivity index is 1.95. The van der Waals surface area contributed by atoms with Crippen molar-refractivity contribution in [3.63, 3.8) is 0 Å². The van der Waals surface area contributed by atoms with Gasteiger partial charge in [-0.1, -0.05) is 18.2 Å². The maximum absolute atomic E-state index is 11.6. The van der Waals surface area contributed by atoms with Gasteiger partial charge in [0, 0.05) is 25.2 Å². The van der Waals surface area contributed by atoms with Gasteiger partial charge in [0.2, 0.25) is 0 Å². The van der Waals surface area contributed by atoms with Gasteiger partial charge in [0.1, 0.15) is 0 Å². The van der Waals surface area contributed by atoms with E-state index in [2.05, 4.69) is 33.3 Å². The van der Waals surface area contributed by atoms with Crippen LogP contribution >= 0.6 is 0 Å². The van der Waals surface area contributed by atoms with Gasteiger partial charge in [0.15, 0.2) is 0 Å². The molecule has 5 nitrogen and oxygen atoms in total. The van der Waals surface area contributed by atoms with Gasteiger partial charge in [-0.2, -0.15) is 5.10 Å². The molecule has 0 spiro atoms. The molecule has 0 aliphatic carbocycles. The number of hydrogen-bond acceptors (Lipinski definition) is 4. The average Bonchev–Trinajstić information content (AvgIpc) is 2.84. The molecule has 3 N–H and O–H groups in total. The minimum atomic E-state index is -0.129. The fraction of sp³-hybridized carbons (Fsp3) is 0.286. The largest absolute Gasteiger partial charge is 0.361 e. The van der Waals surface area contributed by atoms with Gasteiger partial charge in [0.05, 0.1) is 11.9 Å². The lowest BCUT2D eigenvalue weighted by atomic mass is 10.1. The molecule has 0 amide bonds. The second-order valence-electron chi connectivity index (χ2n) is 4.87. The van der Waals surface area contributed by atoms with Crippen LogP contribution in [0.1, 0.15) is 22.3 Å². The van der Waals surface area contributed by atoms with E-state index < -0.39 is 0 Å². The van der Waals surface area contributed by atoms with Crippen LogP contribution in [0.3, 0.4) is 0 Å². The van der Waals surface area contributed by atoms with Crippen molar-refractivity contribution in [3.8, 4) is 0 Å². The summed E-state index contributed by atoms with van der Waals surface area (Å²) < 4.78 is 0. The zero-order valence-electron chi connectivity index (χ0n) is 10.8. The molecule has 98 valence electrons. The number of nitrogens with zero attached hydrogens (tertiary/aromatic N) is 2. The highest BCUT2D eigenvalue weighted by atomic mass is 16.1. The van der Waals surface area contributed by atoms with Crippen LogP contribution in [0.2, 0.25) is 0 Å². The third-order valence-electron chi connectivity index (χ3n) is 3.65. The van der Waals surface area contributed by atoms with Crippen molar-refractivity contribution < 1.29 is 0 Å². The highest BCUT2D eigenvalue weighted by Gasteiger charge is 2.21. The van der Waals surface area contributed by atoms with Gasteiger partial charge in [-0.15, -0.1) is 0 Å². The SMILES string of the molecule is Cc1c(N2Cc3ccc(CN)cc3C2)cn[nH]c1=O. The number of hydrogen-bond donors (Lipinski definition) is 2. The van der Waals surface area contributed by atoms with Crippen molar-refractivity contribution in [1.82, 2.24) is 10.2 Å². The molecule has 0 bridgehead atoms. The lowest BCUT2D eigenvalue weighted by molar-refractivity contribution is 0.848. The van der Waals surface area contributed by atoms with E-state index in [0.29, 0.717) is 12.1 Å². The Kier molecular flexibility index (Phi) is 2.83. The third kappa shape index (κ3) is 2.02. The predicted molar refractivity (Wildman–Crippen MR) is 73.8 cm³/mol. The van der Waals surface area contributed by atoms with E-state index in [1.54, 1.807) is 6.20 Å². The van der Waals surface area contributed by atoms with Gasteiger partial charge in [-0.05, 0) is 23.6 Å². The smallest absolute Gasteiger partial charge is 0.269 e. The summed E-state index contributed by atoms with van der Waals surface area (Å²) >= 11 is 0. The van der Waals surface area contributed by atoms with Gasteiger partial charge in [-0.25, -0.2) is 5.10 Å². The summed E-state index contributed by atoms with van der Waals surface area (Å²) in [6.45, 7) is 3.99. The fourth-order valence-corrected chi connectivity index (χ4v) is 2.51. The van der Waals surface area contributed by atoms with E-state index in [0.717, 1.165) is 24.3 Å². The number of H-pyrrole nitrogens is 1. The first kappa shape index (κ1) is 11.9. The van der Waals surface area contributed by atoms with Crippen molar-refractivity contribution in [1.29, 1.82) is 0 Å². The van der Waals surface area contributed by atoms with Crippen LogP contribution in [0.15, 0.2) is 29.2 Å². The zero-order chi connectivity index (χ0) is 13.4. The Morgan fingerprint density at radius 3 is 2.95 bits per heavy atom. The van der Waals surface area contributed by atoms with Crippen molar-refractivity contribution >= 4 is 5.69 Å². The van der Waals surface area contributed by atoms with Gasteiger partial charge in [0.25, 0.3) is 5.56 Å². The van der Waals surface area contributed by atoms with Crippen molar-refractivity contribution in [2.75, 3.05) is 4.90 Å². The highest BCUT2D eigenvalue weighted by molar-refractivity contribution is 5.54. The van der Waals surface area contributed by atoms with E-state index in [4.69, 9.17) is 5.73 Å². The molecule has 0 saturated heterocycles. The Morgan fingerprint density at radius 2 is 2.16 bits per heavy atom. The number of aromatic amines is 1. The molecular formula is C14H16N4O. The van der Waals surface area contributed by atoms with Gasteiger partial charge >= 0.3 is 0 Å². The molecule has 1 aromatic heterocycles. The minimum absolute atomic E-state index is 0.129. The molecule has 0 radical (unpaired) electrons. The zero-order valence-corrected chi connectivity index (χ0v) is 10.8. The third-order valence-corrected chi connectivity index (χ3v) is 3.65. The van der Waals surface area contributed by atoms with Gasteiger partial charge in [-0.3, -0.25) is 4.79 Å². The first-order valence-corrected chi connectivity index (χ1v) is 6.29. The molecule has 1 aliphatic rings. The number of nitrogens with one attached hydrogen (secondary N) is 1. The molecule has 5 heteroatoms. The van der Waals surface area contributed by atoms with E-state index in [-0.39, 0.29) is 5.56 Å². The topological polar surface area (TPSA) is 75.0 Å². The summed E-state index contributed by atoms with van der Waals surface area (Å²) in [5.41, 5.74) is 10.9. The number of nitrogens with two attached hydrogens (primary N) is 1. The normalized spacial score (nSPS) is 13.7. The quantitative estimate of drug-likeness (QED) is 0.842. The molecule has 0 saturated carbocycles. The highest BCUT2D eigenvalue weighted by Crippen LogP contribution is 2.29. The molecule has 0 fully saturated rings.